The summed E-state index contributed by atoms with van der Waals surface area (Å²) < 4.78 is 2.03. The minimum absolute atomic E-state index is 0.0121. The minimum Gasteiger partial charge on any atom is -0.391 e. The van der Waals surface area contributed by atoms with Gasteiger partial charge in [0.15, 0.2) is 5.82 Å². The van der Waals surface area contributed by atoms with Crippen molar-refractivity contribution in [3.05, 3.63) is 104 Å². The molecule has 0 radical (unpaired) electrons. The number of fused-ring (bicyclic) bond motifs is 3. The summed E-state index contributed by atoms with van der Waals surface area (Å²) in [6, 6.07) is 13.1. The Bertz CT molecular complexity index is 2850. The van der Waals surface area contributed by atoms with E-state index in [2.05, 4.69) is 45.0 Å². The summed E-state index contributed by atoms with van der Waals surface area (Å²) in [6.07, 6.45) is 1.86. The van der Waals surface area contributed by atoms with Crippen molar-refractivity contribution in [3.8, 4) is 15.4 Å². The van der Waals surface area contributed by atoms with Crippen LogP contribution in [0.4, 0.5) is 0 Å². The van der Waals surface area contributed by atoms with Crippen molar-refractivity contribution in [2.75, 3.05) is 45.8 Å². The fraction of sp³-hybridized carbons (Fsp3) is 0.491. The first-order valence-electron chi connectivity index (χ1n) is 25.0. The molecule has 2 fully saturated rings. The number of carbonyl (C=O) groups is 5. The molecule has 0 saturated carbocycles. The minimum atomic E-state index is -0.944. The Labute approximate surface area is 439 Å². The Balaban J connectivity index is 0.756. The van der Waals surface area contributed by atoms with Crippen LogP contribution < -0.4 is 16.0 Å². The summed E-state index contributed by atoms with van der Waals surface area (Å²) in [6.45, 7) is 16.4. The van der Waals surface area contributed by atoms with Crippen molar-refractivity contribution in [1.29, 1.82) is 0 Å². The van der Waals surface area contributed by atoms with E-state index in [1.807, 2.05) is 103 Å². The largest absolute Gasteiger partial charge is 0.391 e. The number of nitrogens with zero attached hydrogens (tertiary/aromatic N) is 8. The van der Waals surface area contributed by atoms with Gasteiger partial charge in [-0.15, -0.1) is 32.9 Å². The quantitative estimate of drug-likeness (QED) is 0.0770. The molecule has 0 unspecified atom stereocenters. The fourth-order valence-electron chi connectivity index (χ4n) is 9.69. The summed E-state index contributed by atoms with van der Waals surface area (Å²) >= 11 is 9.49. The molecule has 2 aromatic carbocycles. The molecule has 3 aliphatic heterocycles. The van der Waals surface area contributed by atoms with Crippen LogP contribution in [0.15, 0.2) is 59.0 Å². The summed E-state index contributed by atoms with van der Waals surface area (Å²) in [5.41, 5.74) is 7.85. The molecule has 5 aromatic rings. The number of aromatic nitrogens is 4. The molecule has 17 nitrogen and oxygen atoms in total. The number of aliphatic hydroxyl groups is 1. The number of amides is 5. The van der Waals surface area contributed by atoms with Crippen molar-refractivity contribution in [2.24, 2.45) is 10.4 Å². The van der Waals surface area contributed by atoms with Crippen molar-refractivity contribution in [2.45, 2.75) is 118 Å². The van der Waals surface area contributed by atoms with Crippen molar-refractivity contribution in [1.82, 2.24) is 50.4 Å². The molecular weight excluding hydrogens is 986 g/mol. The van der Waals surface area contributed by atoms with Gasteiger partial charge in [-0.1, -0.05) is 75.2 Å². The molecule has 388 valence electrons. The zero-order valence-electron chi connectivity index (χ0n) is 42.7. The van der Waals surface area contributed by atoms with Gasteiger partial charge < -0.3 is 30.9 Å². The van der Waals surface area contributed by atoms with Gasteiger partial charge in [0.05, 0.1) is 40.9 Å². The molecule has 0 aliphatic carbocycles. The van der Waals surface area contributed by atoms with Gasteiger partial charge in [0, 0.05) is 79.7 Å². The monoisotopic (exact) mass is 1050 g/mol. The highest BCUT2D eigenvalue weighted by Gasteiger charge is 2.45. The van der Waals surface area contributed by atoms with Crippen LogP contribution in [0.3, 0.4) is 0 Å². The van der Waals surface area contributed by atoms with Crippen LogP contribution in [0.5, 0.6) is 0 Å². The summed E-state index contributed by atoms with van der Waals surface area (Å²) in [7, 11) is 0. The molecule has 20 heteroatoms. The third kappa shape index (κ3) is 12.6. The molecular formula is C53H66ClN11O6S2. The van der Waals surface area contributed by atoms with Crippen LogP contribution in [-0.4, -0.2) is 139 Å². The first-order chi connectivity index (χ1) is 34.9. The number of thiazole rings is 1. The summed E-state index contributed by atoms with van der Waals surface area (Å²) in [5.74, 6) is 0.147. The highest BCUT2D eigenvalue weighted by molar-refractivity contribution is 7.15. The lowest BCUT2D eigenvalue weighted by atomic mass is 9.85. The molecule has 4 N–H and O–H groups in total. The van der Waals surface area contributed by atoms with Crippen LogP contribution in [0.1, 0.15) is 110 Å². The molecule has 0 bridgehead atoms. The van der Waals surface area contributed by atoms with E-state index in [1.165, 1.54) is 9.78 Å². The Morgan fingerprint density at radius 1 is 0.877 bits per heavy atom. The number of halogens is 1. The van der Waals surface area contributed by atoms with Crippen molar-refractivity contribution < 1.29 is 29.1 Å². The van der Waals surface area contributed by atoms with Crippen LogP contribution in [0.25, 0.3) is 15.4 Å². The SMILES string of the molecule is Cc1ncsc1-c1ccc(CNC(=O)[C@@H]2C[C@@H](O)CN2C(=O)[C@@H](NC(=O)CN2CCN(C(=O)CCCCCNC(=O)C[C@@H]3N=C(c4ccc(Cl)cc4)c4c(sc(C)c4C)-n4c(C)nnc43)CC2)C(C)(C)C)cc1. The Kier molecular flexibility index (Phi) is 16.9. The lowest BCUT2D eigenvalue weighted by Crippen LogP contribution is -2.59. The van der Waals surface area contributed by atoms with Gasteiger partial charge in [-0.3, -0.25) is 38.4 Å². The first kappa shape index (κ1) is 53.4. The Morgan fingerprint density at radius 2 is 1.59 bits per heavy atom. The van der Waals surface area contributed by atoms with Gasteiger partial charge in [0.2, 0.25) is 29.5 Å². The van der Waals surface area contributed by atoms with Crippen LogP contribution in [-0.2, 0) is 30.5 Å². The van der Waals surface area contributed by atoms with E-state index in [0.717, 1.165) is 61.3 Å². The second-order valence-electron chi connectivity index (χ2n) is 20.4. The molecule has 0 spiro atoms. The van der Waals surface area contributed by atoms with Gasteiger partial charge in [0.1, 0.15) is 29.0 Å². The van der Waals surface area contributed by atoms with E-state index in [4.69, 9.17) is 16.6 Å². The first-order valence-corrected chi connectivity index (χ1v) is 27.1. The number of hydrogen-bond donors (Lipinski definition) is 4. The number of aliphatic hydroxyl groups excluding tert-OH is 1. The van der Waals surface area contributed by atoms with Gasteiger partial charge in [-0.05, 0) is 74.8 Å². The van der Waals surface area contributed by atoms with Gasteiger partial charge in [-0.2, -0.15) is 0 Å². The summed E-state index contributed by atoms with van der Waals surface area (Å²) in [4.78, 5) is 84.9. The Hall–Kier alpha value is -5.86. The number of aliphatic imine (C=N–C) groups is 1. The van der Waals surface area contributed by atoms with Crippen LogP contribution >= 0.6 is 34.3 Å². The molecule has 2 saturated heterocycles. The molecule has 8 rings (SSSR count). The van der Waals surface area contributed by atoms with E-state index < -0.39 is 35.6 Å². The molecule has 5 amide bonds. The zero-order valence-corrected chi connectivity index (χ0v) is 45.1. The fourth-order valence-corrected chi connectivity index (χ4v) is 11.8. The lowest BCUT2D eigenvalue weighted by Gasteiger charge is -2.37. The normalized spacial score (nSPS) is 18.4. The molecule has 6 heterocycles. The maximum atomic E-state index is 14.2. The standard InChI is InChI=1S/C53H66ClN11O6S2/c1-31-33(3)73-52-45(31)46(36-16-18-38(54)19-17-36)58-40(49-61-60-34(4)65(49)52)26-42(67)55-20-10-8-9-11-44(69)63-23-21-62(22-24-63)29-43(68)59-48(53(5,6)7)51(71)64-28-39(66)25-41(64)50(70)56-27-35-12-14-37(15-13-35)47-32(2)57-30-72-47/h12-19,30,39-41,48,66H,8-11,20-29H2,1-7H3,(H,55,67)(H,56,70)(H,59,68)/t39-,40+,41+,48-/m1/s1. The average molecular weight is 1050 g/mol. The summed E-state index contributed by atoms with van der Waals surface area (Å²) in [5, 5.41) is 30.1. The molecule has 3 aliphatic rings. The number of hydrogen-bond acceptors (Lipinski definition) is 13. The van der Waals surface area contributed by atoms with E-state index in [0.29, 0.717) is 62.8 Å². The van der Waals surface area contributed by atoms with E-state index in [9.17, 15) is 29.1 Å². The van der Waals surface area contributed by atoms with E-state index in [-0.39, 0.29) is 56.1 Å². The second-order valence-corrected chi connectivity index (χ2v) is 22.9. The number of benzene rings is 2. The highest BCUT2D eigenvalue weighted by Crippen LogP contribution is 2.40. The maximum absolute atomic E-state index is 14.2. The van der Waals surface area contributed by atoms with Crippen molar-refractivity contribution in [3.63, 3.8) is 0 Å². The third-order valence-corrected chi connectivity index (χ3v) is 16.4. The van der Waals surface area contributed by atoms with Crippen LogP contribution in [0.2, 0.25) is 5.02 Å². The molecule has 73 heavy (non-hydrogen) atoms. The number of piperazine rings is 1. The number of nitrogens with one attached hydrogen (secondary N) is 3. The maximum Gasteiger partial charge on any atom is 0.246 e. The van der Waals surface area contributed by atoms with Crippen LogP contribution in [0, 0.1) is 33.1 Å². The van der Waals surface area contributed by atoms with Gasteiger partial charge in [-0.25, -0.2) is 4.98 Å². The molecule has 3 aromatic heterocycles. The number of rotatable bonds is 17. The van der Waals surface area contributed by atoms with Gasteiger partial charge in [0.25, 0.3) is 0 Å². The number of carbonyl (C=O) groups excluding carboxylic acids is 5. The topological polar surface area (TPSA) is 207 Å². The van der Waals surface area contributed by atoms with Gasteiger partial charge >= 0.3 is 0 Å². The Morgan fingerprint density at radius 3 is 2.27 bits per heavy atom. The number of likely N-dealkylation sites (tertiary alicyclic amines) is 1. The van der Waals surface area contributed by atoms with E-state index in [1.54, 1.807) is 22.7 Å². The predicted octanol–water partition coefficient (Wildman–Crippen LogP) is 6.25. The van der Waals surface area contributed by atoms with E-state index >= 15 is 0 Å². The number of thiophene rings is 1. The average Bonchev–Trinajstić information content (AvgIpc) is 4.13. The molecule has 4 atom stereocenters. The number of aryl methyl sites for hydroxylation is 3. The highest BCUT2D eigenvalue weighted by atomic mass is 35.5. The zero-order chi connectivity index (χ0) is 52.1. The lowest BCUT2D eigenvalue weighted by molar-refractivity contribution is -0.144. The number of unbranched alkanes of at least 4 members (excludes halogenated alkanes) is 2. The predicted molar refractivity (Wildman–Crippen MR) is 284 cm³/mol. The third-order valence-electron chi connectivity index (χ3n) is 13.9. The smallest absolute Gasteiger partial charge is 0.246 e. The van der Waals surface area contributed by atoms with Crippen molar-refractivity contribution >= 4 is 69.5 Å². The number of β-amino-alcohol motifs (C(OH)–C–C–N with tert-alkyl or cyclic N) is 1. The second kappa shape index (κ2) is 23.1.